The molecule has 0 aliphatic heterocycles. The third kappa shape index (κ3) is 4.19. The number of para-hydroxylation sites is 2. The number of imidazole rings is 1. The van der Waals surface area contributed by atoms with Crippen molar-refractivity contribution in [2.75, 3.05) is 0 Å². The maximum absolute atomic E-state index is 13.4. The number of rotatable bonds is 8. The first-order chi connectivity index (χ1) is 13.0. The highest BCUT2D eigenvalue weighted by Crippen LogP contribution is 2.26. The quantitative estimate of drug-likeness (QED) is 0.446. The maximum Gasteiger partial charge on any atom is 0.269 e. The van der Waals surface area contributed by atoms with Gasteiger partial charge in [-0.25, -0.2) is 17.4 Å². The fourth-order valence-electron chi connectivity index (χ4n) is 2.84. The van der Waals surface area contributed by atoms with Gasteiger partial charge in [-0.3, -0.25) is 0 Å². The van der Waals surface area contributed by atoms with Crippen molar-refractivity contribution in [1.82, 2.24) is 8.96 Å². The zero-order valence-corrected chi connectivity index (χ0v) is 17.8. The smallest absolute Gasteiger partial charge is 0.269 e. The summed E-state index contributed by atoms with van der Waals surface area (Å²) in [7, 11) is -3.75. The molecule has 0 saturated carbocycles. The number of hydrogen-bond acceptors (Lipinski definition) is 4. The van der Waals surface area contributed by atoms with Crippen LogP contribution in [0.25, 0.3) is 11.0 Å². The lowest BCUT2D eigenvalue weighted by Crippen LogP contribution is -2.16. The molecule has 0 N–H and O–H groups in total. The summed E-state index contributed by atoms with van der Waals surface area (Å²) >= 11 is 3.41. The first-order valence-electron chi connectivity index (χ1n) is 9.10. The number of aryl methyl sites for hydroxylation is 1. The molecule has 3 rings (SSSR count). The molecular formula is C20H23BrN2O3S. The molecular weight excluding hydrogens is 428 g/mol. The molecule has 0 fully saturated rings. The third-order valence-corrected chi connectivity index (χ3v) is 6.88. The second kappa shape index (κ2) is 8.44. The van der Waals surface area contributed by atoms with Crippen LogP contribution in [0.15, 0.2) is 53.4 Å². The Morgan fingerprint density at radius 2 is 1.81 bits per heavy atom. The number of unbranched alkanes of at least 4 members (excludes halogenated alkanes) is 1. The van der Waals surface area contributed by atoms with E-state index >= 15 is 0 Å². The summed E-state index contributed by atoms with van der Waals surface area (Å²) in [4.78, 5) is 4.78. The molecule has 27 heavy (non-hydrogen) atoms. The van der Waals surface area contributed by atoms with E-state index in [0.717, 1.165) is 19.3 Å². The fourth-order valence-corrected chi connectivity index (χ4v) is 4.57. The first kappa shape index (κ1) is 19.9. The molecule has 7 heteroatoms. The lowest BCUT2D eigenvalue weighted by Gasteiger charge is -2.13. The summed E-state index contributed by atoms with van der Waals surface area (Å²) in [6.45, 7) is 4.08. The molecule has 0 amide bonds. The molecule has 3 aromatic rings. The Labute approximate surface area is 168 Å². The van der Waals surface area contributed by atoms with E-state index in [1.807, 2.05) is 25.1 Å². The van der Waals surface area contributed by atoms with Crippen LogP contribution < -0.4 is 4.74 Å². The Morgan fingerprint density at radius 1 is 1.11 bits per heavy atom. The van der Waals surface area contributed by atoms with Crippen molar-refractivity contribution in [3.63, 3.8) is 0 Å². The van der Waals surface area contributed by atoms with Gasteiger partial charge in [-0.05, 0) is 65.2 Å². The van der Waals surface area contributed by atoms with E-state index in [0.29, 0.717) is 29.0 Å². The predicted molar refractivity (Wildman–Crippen MR) is 111 cm³/mol. The van der Waals surface area contributed by atoms with Gasteiger partial charge < -0.3 is 4.74 Å². The van der Waals surface area contributed by atoms with E-state index in [1.54, 1.807) is 30.3 Å². The molecule has 144 valence electrons. The van der Waals surface area contributed by atoms with E-state index in [1.165, 1.54) is 3.97 Å². The Morgan fingerprint density at radius 3 is 2.48 bits per heavy atom. The zero-order valence-electron chi connectivity index (χ0n) is 15.4. The minimum Gasteiger partial charge on any atom is -0.479 e. The van der Waals surface area contributed by atoms with Crippen LogP contribution in [-0.4, -0.2) is 22.4 Å². The molecule has 0 aliphatic rings. The van der Waals surface area contributed by atoms with Gasteiger partial charge in [0, 0.05) is 6.42 Å². The lowest BCUT2D eigenvalue weighted by molar-refractivity contribution is 0.290. The standard InChI is InChI=1S/C20H23BrN2O3S/c1-3-5-10-20-22-17-8-6-7-9-18(17)23(20)27(24,25)16-13-11-15(12-14-16)26-19(21)4-2/h6-9,11-14,19H,3-5,10H2,1-2H3. The van der Waals surface area contributed by atoms with Crippen LogP contribution in [-0.2, 0) is 16.4 Å². The lowest BCUT2D eigenvalue weighted by atomic mass is 10.2. The van der Waals surface area contributed by atoms with Gasteiger partial charge >= 0.3 is 0 Å². The summed E-state index contributed by atoms with van der Waals surface area (Å²) < 4.78 is 33.8. The van der Waals surface area contributed by atoms with Crippen LogP contribution in [0.5, 0.6) is 5.75 Å². The highest BCUT2D eigenvalue weighted by atomic mass is 79.9. The number of nitrogens with zero attached hydrogens (tertiary/aromatic N) is 2. The van der Waals surface area contributed by atoms with Gasteiger partial charge in [0.05, 0.1) is 15.9 Å². The van der Waals surface area contributed by atoms with Crippen molar-refractivity contribution >= 4 is 37.0 Å². The molecule has 1 aromatic heterocycles. The summed E-state index contributed by atoms with van der Waals surface area (Å²) in [5.41, 5.74) is 1.30. The highest BCUT2D eigenvalue weighted by molar-refractivity contribution is 9.09. The number of ether oxygens (including phenoxy) is 1. The largest absolute Gasteiger partial charge is 0.479 e. The predicted octanol–water partition coefficient (Wildman–Crippen LogP) is 5.13. The maximum atomic E-state index is 13.4. The molecule has 5 nitrogen and oxygen atoms in total. The van der Waals surface area contributed by atoms with Gasteiger partial charge in [0.25, 0.3) is 10.0 Å². The van der Waals surface area contributed by atoms with Gasteiger partial charge in [0.1, 0.15) is 11.6 Å². The van der Waals surface area contributed by atoms with E-state index in [2.05, 4.69) is 27.8 Å². The molecule has 1 unspecified atom stereocenters. The van der Waals surface area contributed by atoms with Crippen molar-refractivity contribution in [3.05, 3.63) is 54.4 Å². The van der Waals surface area contributed by atoms with Crippen LogP contribution in [0.3, 0.4) is 0 Å². The van der Waals surface area contributed by atoms with E-state index in [4.69, 9.17) is 4.74 Å². The Kier molecular flexibility index (Phi) is 6.22. The number of benzene rings is 2. The molecule has 1 heterocycles. The minimum atomic E-state index is -3.75. The van der Waals surface area contributed by atoms with Gasteiger partial charge in [-0.15, -0.1) is 0 Å². The topological polar surface area (TPSA) is 61.2 Å². The summed E-state index contributed by atoms with van der Waals surface area (Å²) in [5, 5.41) is -0.0989. The highest BCUT2D eigenvalue weighted by Gasteiger charge is 2.24. The fraction of sp³-hybridized carbons (Fsp3) is 0.350. The summed E-state index contributed by atoms with van der Waals surface area (Å²) in [5.74, 6) is 1.20. The van der Waals surface area contributed by atoms with Crippen molar-refractivity contribution in [2.45, 2.75) is 49.4 Å². The number of aromatic nitrogens is 2. The normalized spacial score (nSPS) is 13.0. The molecule has 1 atom stereocenters. The van der Waals surface area contributed by atoms with Crippen LogP contribution in [0.4, 0.5) is 0 Å². The third-order valence-electron chi connectivity index (χ3n) is 4.29. The number of halogens is 1. The monoisotopic (exact) mass is 450 g/mol. The molecule has 0 spiro atoms. The Bertz CT molecular complexity index is 1010. The molecule has 0 saturated heterocycles. The number of hydrogen-bond donors (Lipinski definition) is 0. The van der Waals surface area contributed by atoms with Crippen LogP contribution in [0, 0.1) is 0 Å². The second-order valence-electron chi connectivity index (χ2n) is 6.30. The molecule has 0 radical (unpaired) electrons. The second-order valence-corrected chi connectivity index (χ2v) is 9.11. The molecule has 0 bridgehead atoms. The summed E-state index contributed by atoms with van der Waals surface area (Å²) in [6, 6.07) is 13.9. The number of fused-ring (bicyclic) bond motifs is 1. The molecule has 0 aliphatic carbocycles. The van der Waals surface area contributed by atoms with Crippen molar-refractivity contribution in [3.8, 4) is 5.75 Å². The van der Waals surface area contributed by atoms with Gasteiger partial charge in [0.2, 0.25) is 0 Å². The average molecular weight is 451 g/mol. The Balaban J connectivity index is 2.04. The zero-order chi connectivity index (χ0) is 19.4. The van der Waals surface area contributed by atoms with Crippen molar-refractivity contribution in [1.29, 1.82) is 0 Å². The van der Waals surface area contributed by atoms with Crippen molar-refractivity contribution < 1.29 is 13.2 Å². The van der Waals surface area contributed by atoms with Crippen molar-refractivity contribution in [2.24, 2.45) is 0 Å². The Hall–Kier alpha value is -1.86. The van der Waals surface area contributed by atoms with Crippen LogP contribution >= 0.6 is 15.9 Å². The van der Waals surface area contributed by atoms with E-state index in [9.17, 15) is 8.42 Å². The van der Waals surface area contributed by atoms with Crippen LogP contribution in [0.1, 0.15) is 38.9 Å². The van der Waals surface area contributed by atoms with Crippen LogP contribution in [0.2, 0.25) is 0 Å². The minimum absolute atomic E-state index is 0.0989. The first-order valence-corrected chi connectivity index (χ1v) is 11.5. The van der Waals surface area contributed by atoms with E-state index < -0.39 is 10.0 Å². The number of alkyl halides is 1. The van der Waals surface area contributed by atoms with E-state index in [-0.39, 0.29) is 9.91 Å². The van der Waals surface area contributed by atoms with Gasteiger partial charge in [-0.2, -0.15) is 0 Å². The summed E-state index contributed by atoms with van der Waals surface area (Å²) in [6.07, 6.45) is 3.28. The average Bonchev–Trinajstić information content (AvgIpc) is 3.05. The van der Waals surface area contributed by atoms with Gasteiger partial charge in [0.15, 0.2) is 5.01 Å². The molecule has 2 aromatic carbocycles. The SMILES string of the molecule is CCCCc1nc2ccccc2n1S(=O)(=O)c1ccc(OC(Br)CC)cc1. The van der Waals surface area contributed by atoms with Gasteiger partial charge in [-0.1, -0.05) is 32.4 Å².